The fourth-order valence-electron chi connectivity index (χ4n) is 4.57. The van der Waals surface area contributed by atoms with Crippen LogP contribution in [0.4, 0.5) is 16.0 Å². The van der Waals surface area contributed by atoms with Gasteiger partial charge in [-0.2, -0.15) is 0 Å². The molecule has 3 aliphatic rings. The lowest BCUT2D eigenvalue weighted by molar-refractivity contribution is -0.133. The monoisotopic (exact) mass is 481 g/mol. The van der Waals surface area contributed by atoms with Gasteiger partial charge in [0.05, 0.1) is 29.9 Å². The Kier molecular flexibility index (Phi) is 5.69. The van der Waals surface area contributed by atoms with Gasteiger partial charge in [0.1, 0.15) is 11.4 Å². The van der Waals surface area contributed by atoms with Gasteiger partial charge in [-0.1, -0.05) is 0 Å². The van der Waals surface area contributed by atoms with Gasteiger partial charge in [0.2, 0.25) is 11.9 Å². The summed E-state index contributed by atoms with van der Waals surface area (Å²) < 4.78 is 19.7. The number of carbonyl (C=O) groups is 3. The van der Waals surface area contributed by atoms with Crippen molar-refractivity contribution in [2.45, 2.75) is 31.5 Å². The third-order valence-corrected chi connectivity index (χ3v) is 6.95. The molecule has 0 bridgehead atoms. The highest BCUT2D eigenvalue weighted by molar-refractivity contribution is 6.01. The Bertz CT molecular complexity index is 1150. The van der Waals surface area contributed by atoms with E-state index in [9.17, 15) is 18.8 Å². The first-order valence-corrected chi connectivity index (χ1v) is 11.7. The summed E-state index contributed by atoms with van der Waals surface area (Å²) >= 11 is 0. The molecule has 2 unspecified atom stereocenters. The number of ketones is 1. The van der Waals surface area contributed by atoms with E-state index in [0.717, 1.165) is 0 Å². The summed E-state index contributed by atoms with van der Waals surface area (Å²) in [5.74, 6) is 0.0987. The molecule has 3 heterocycles. The van der Waals surface area contributed by atoms with Gasteiger partial charge in [0.15, 0.2) is 11.9 Å². The molecule has 1 aromatic heterocycles. The minimum atomic E-state index is -1.41. The second-order valence-corrected chi connectivity index (χ2v) is 9.88. The first kappa shape index (κ1) is 23.2. The normalized spacial score (nSPS) is 25.9. The van der Waals surface area contributed by atoms with Gasteiger partial charge >= 0.3 is 0 Å². The highest BCUT2D eigenvalue weighted by Gasteiger charge is 2.55. The molecule has 0 N–H and O–H groups in total. The topological polar surface area (TPSA) is 95.9 Å². The number of Topliss-reactive ketones (excluding diaryl/α,β-unsaturated/α-hetero) is 1. The van der Waals surface area contributed by atoms with E-state index < -0.39 is 17.7 Å². The van der Waals surface area contributed by atoms with E-state index >= 15 is 0 Å². The summed E-state index contributed by atoms with van der Waals surface area (Å²) in [6, 6.07) is 6.51. The third-order valence-electron chi connectivity index (χ3n) is 6.95. The van der Waals surface area contributed by atoms with Crippen LogP contribution in [0.15, 0.2) is 36.7 Å². The first-order chi connectivity index (χ1) is 16.6. The molecule has 0 spiro atoms. The molecule has 1 saturated carbocycles. The number of alkyl halides is 1. The average Bonchev–Trinajstić information content (AvgIpc) is 3.30. The van der Waals surface area contributed by atoms with Crippen molar-refractivity contribution in [1.29, 1.82) is 0 Å². The Hall–Kier alpha value is -3.56. The molecule has 9 nitrogen and oxygen atoms in total. The smallest absolute Gasteiger partial charge is 0.268 e. The van der Waals surface area contributed by atoms with Crippen LogP contribution in [-0.2, 0) is 9.59 Å². The SMILES string of the molecule is CN(C)C(=O)C1CN(c2ncc(N3CC[C@@H](Oc4ccc(C(=O)C5CC5(C)F)cc4)C3=O)cn2)C1. The fraction of sp³-hybridized carbons (Fsp3) is 0.480. The van der Waals surface area contributed by atoms with E-state index in [2.05, 4.69) is 9.97 Å². The Morgan fingerprint density at radius 2 is 1.77 bits per heavy atom. The quantitative estimate of drug-likeness (QED) is 0.559. The van der Waals surface area contributed by atoms with Crippen molar-refractivity contribution in [3.8, 4) is 5.75 Å². The number of carbonyl (C=O) groups excluding carboxylic acids is 3. The van der Waals surface area contributed by atoms with E-state index in [-0.39, 0.29) is 29.9 Å². The number of ether oxygens (including phenoxy) is 1. The third kappa shape index (κ3) is 4.44. The number of anilines is 2. The zero-order valence-electron chi connectivity index (χ0n) is 20.0. The van der Waals surface area contributed by atoms with Crippen LogP contribution in [0.1, 0.15) is 30.1 Å². The molecule has 1 aliphatic carbocycles. The lowest BCUT2D eigenvalue weighted by atomic mass is 9.99. The molecule has 184 valence electrons. The number of halogens is 1. The van der Waals surface area contributed by atoms with Crippen molar-refractivity contribution >= 4 is 29.2 Å². The van der Waals surface area contributed by atoms with Crippen LogP contribution < -0.4 is 14.5 Å². The van der Waals surface area contributed by atoms with Crippen molar-refractivity contribution in [2.75, 3.05) is 43.5 Å². The molecule has 5 rings (SSSR count). The molecule has 10 heteroatoms. The average molecular weight is 482 g/mol. The van der Waals surface area contributed by atoms with Crippen molar-refractivity contribution in [3.05, 3.63) is 42.2 Å². The van der Waals surface area contributed by atoms with Crippen molar-refractivity contribution in [2.24, 2.45) is 11.8 Å². The Labute approximate surface area is 202 Å². The summed E-state index contributed by atoms with van der Waals surface area (Å²) in [5.41, 5.74) is -0.373. The van der Waals surface area contributed by atoms with E-state index in [1.54, 1.807) is 60.6 Å². The maximum absolute atomic E-state index is 13.8. The van der Waals surface area contributed by atoms with E-state index in [0.29, 0.717) is 49.0 Å². The predicted octanol–water partition coefficient (Wildman–Crippen LogP) is 2.12. The highest BCUT2D eigenvalue weighted by atomic mass is 19.1. The van der Waals surface area contributed by atoms with Gasteiger partial charge in [-0.15, -0.1) is 0 Å². The zero-order valence-corrected chi connectivity index (χ0v) is 20.0. The van der Waals surface area contributed by atoms with E-state index in [4.69, 9.17) is 4.74 Å². The molecular formula is C25H28FN5O4. The number of hydrogen-bond donors (Lipinski definition) is 0. The second-order valence-electron chi connectivity index (χ2n) is 9.88. The van der Waals surface area contributed by atoms with Crippen LogP contribution in [0, 0.1) is 11.8 Å². The van der Waals surface area contributed by atoms with Crippen LogP contribution in [-0.4, -0.2) is 78.0 Å². The molecule has 2 amide bonds. The standard InChI is InChI=1S/C25H28FN5O4/c1-25(26)10-19(25)21(32)15-4-6-18(7-5-15)35-20-8-9-31(23(20)34)17-11-27-24(28-12-17)30-13-16(14-30)22(33)29(2)3/h4-7,11-12,16,19-20H,8-10,13-14H2,1-3H3/t19?,20-,25?/m1/s1. The van der Waals surface area contributed by atoms with Gasteiger partial charge in [-0.3, -0.25) is 14.4 Å². The summed E-state index contributed by atoms with van der Waals surface area (Å²) in [6.07, 6.45) is 3.34. The minimum Gasteiger partial charge on any atom is -0.481 e. The maximum atomic E-state index is 13.8. The number of amides is 2. The molecule has 3 atom stereocenters. The van der Waals surface area contributed by atoms with Crippen LogP contribution in [0.5, 0.6) is 5.75 Å². The number of rotatable bonds is 7. The van der Waals surface area contributed by atoms with Crippen LogP contribution in [0.3, 0.4) is 0 Å². The number of aromatic nitrogens is 2. The number of benzene rings is 1. The van der Waals surface area contributed by atoms with Gasteiger partial charge in [0, 0.05) is 45.7 Å². The predicted molar refractivity (Wildman–Crippen MR) is 126 cm³/mol. The molecule has 1 aromatic carbocycles. The first-order valence-electron chi connectivity index (χ1n) is 11.7. The van der Waals surface area contributed by atoms with Crippen LogP contribution >= 0.6 is 0 Å². The molecule has 2 saturated heterocycles. The summed E-state index contributed by atoms with van der Waals surface area (Å²) in [5, 5.41) is 0. The Morgan fingerprint density at radius 3 is 2.34 bits per heavy atom. The molecule has 35 heavy (non-hydrogen) atoms. The van der Waals surface area contributed by atoms with Crippen LogP contribution in [0.2, 0.25) is 0 Å². The number of hydrogen-bond acceptors (Lipinski definition) is 7. The van der Waals surface area contributed by atoms with Crippen LogP contribution in [0.25, 0.3) is 0 Å². The van der Waals surface area contributed by atoms with E-state index in [1.165, 1.54) is 6.92 Å². The lowest BCUT2D eigenvalue weighted by Gasteiger charge is -2.39. The van der Waals surface area contributed by atoms with E-state index in [1.807, 2.05) is 4.90 Å². The summed E-state index contributed by atoms with van der Waals surface area (Å²) in [4.78, 5) is 51.1. The summed E-state index contributed by atoms with van der Waals surface area (Å²) in [7, 11) is 3.49. The van der Waals surface area contributed by atoms with Crippen molar-refractivity contribution in [1.82, 2.24) is 14.9 Å². The van der Waals surface area contributed by atoms with Gasteiger partial charge in [-0.05, 0) is 37.6 Å². The molecular weight excluding hydrogens is 453 g/mol. The Balaban J connectivity index is 1.16. The van der Waals surface area contributed by atoms with Gasteiger partial charge in [-0.25, -0.2) is 14.4 Å². The van der Waals surface area contributed by atoms with Gasteiger partial charge in [0.25, 0.3) is 5.91 Å². The lowest BCUT2D eigenvalue weighted by Crippen LogP contribution is -2.54. The summed E-state index contributed by atoms with van der Waals surface area (Å²) in [6.45, 7) is 3.07. The van der Waals surface area contributed by atoms with Crippen molar-refractivity contribution < 1.29 is 23.5 Å². The molecule has 2 aliphatic heterocycles. The maximum Gasteiger partial charge on any atom is 0.268 e. The number of nitrogens with zero attached hydrogens (tertiary/aromatic N) is 5. The second kappa shape index (κ2) is 8.58. The largest absolute Gasteiger partial charge is 0.481 e. The Morgan fingerprint density at radius 1 is 1.14 bits per heavy atom. The minimum absolute atomic E-state index is 0.0452. The zero-order chi connectivity index (χ0) is 24.9. The van der Waals surface area contributed by atoms with Gasteiger partial charge < -0.3 is 19.4 Å². The molecule has 0 radical (unpaired) electrons. The fourth-order valence-corrected chi connectivity index (χ4v) is 4.57. The highest BCUT2D eigenvalue weighted by Crippen LogP contribution is 2.48. The molecule has 3 fully saturated rings. The molecule has 2 aromatic rings. The van der Waals surface area contributed by atoms with Crippen molar-refractivity contribution in [3.63, 3.8) is 0 Å².